The third-order valence-electron chi connectivity index (χ3n) is 2.48. The molecule has 18 heavy (non-hydrogen) atoms. The molecule has 0 spiro atoms. The van der Waals surface area contributed by atoms with Crippen LogP contribution >= 0.6 is 0 Å². The molecule has 0 aliphatic carbocycles. The van der Waals surface area contributed by atoms with Gasteiger partial charge in [0.2, 0.25) is 0 Å². The summed E-state index contributed by atoms with van der Waals surface area (Å²) in [6, 6.07) is 7.97. The molecular weight excluding hydrogens is 232 g/mol. The zero-order valence-corrected chi connectivity index (χ0v) is 9.73. The maximum atomic E-state index is 11.8. The minimum absolute atomic E-state index is 0.00511. The number of aromatic hydroxyl groups is 1. The van der Waals surface area contributed by atoms with Gasteiger partial charge >= 0.3 is 0 Å². The lowest BCUT2D eigenvalue weighted by Gasteiger charge is -2.06. The van der Waals surface area contributed by atoms with Gasteiger partial charge in [0.05, 0.1) is 11.4 Å². The summed E-state index contributed by atoms with van der Waals surface area (Å²) in [5.74, 6) is -0.409. The first-order chi connectivity index (χ1) is 8.60. The van der Waals surface area contributed by atoms with E-state index in [1.807, 2.05) is 6.92 Å². The summed E-state index contributed by atoms with van der Waals surface area (Å²) in [5, 5.41) is 12.2. The molecule has 2 aromatic rings. The van der Waals surface area contributed by atoms with Crippen LogP contribution in [0.1, 0.15) is 26.5 Å². The molecule has 0 radical (unpaired) electrons. The Morgan fingerprint density at radius 2 is 2.11 bits per heavy atom. The van der Waals surface area contributed by atoms with Crippen molar-refractivity contribution in [1.29, 1.82) is 0 Å². The van der Waals surface area contributed by atoms with Crippen LogP contribution in [0.4, 0.5) is 5.69 Å². The number of phenols is 1. The van der Waals surface area contributed by atoms with E-state index in [2.05, 4.69) is 10.3 Å². The maximum absolute atomic E-state index is 11.8. The van der Waals surface area contributed by atoms with Crippen LogP contribution in [0.25, 0.3) is 0 Å². The summed E-state index contributed by atoms with van der Waals surface area (Å²) in [6.07, 6.45) is 0.625. The van der Waals surface area contributed by atoms with Gasteiger partial charge in [0, 0.05) is 0 Å². The molecule has 3 N–H and O–H groups in total. The summed E-state index contributed by atoms with van der Waals surface area (Å²) in [5.41, 5.74) is 1.81. The van der Waals surface area contributed by atoms with Crippen LogP contribution in [-0.4, -0.2) is 22.3 Å². The van der Waals surface area contributed by atoms with Crippen LogP contribution < -0.4 is 5.32 Å². The fraction of sp³-hybridized carbons (Fsp3) is 0.0769. The number of H-pyrrole nitrogens is 1. The Labute approximate surface area is 103 Å². The average Bonchev–Trinajstić information content (AvgIpc) is 2.81. The largest absolute Gasteiger partial charge is 0.506 e. The molecule has 92 valence electrons. The lowest BCUT2D eigenvalue weighted by molar-refractivity contribution is 0.102. The van der Waals surface area contributed by atoms with Crippen LogP contribution in [-0.2, 0) is 0 Å². The highest BCUT2D eigenvalue weighted by Crippen LogP contribution is 2.24. The van der Waals surface area contributed by atoms with Crippen molar-refractivity contribution in [2.45, 2.75) is 6.92 Å². The average molecular weight is 244 g/mol. The van der Waals surface area contributed by atoms with Gasteiger partial charge in [0.1, 0.15) is 11.4 Å². The monoisotopic (exact) mass is 244 g/mol. The second-order valence-electron chi connectivity index (χ2n) is 3.92. The van der Waals surface area contributed by atoms with Gasteiger partial charge in [-0.15, -0.1) is 0 Å². The van der Waals surface area contributed by atoms with Crippen LogP contribution in [0, 0.1) is 6.92 Å². The molecule has 1 amide bonds. The molecule has 0 atom stereocenters. The molecule has 0 fully saturated rings. The second-order valence-corrected chi connectivity index (χ2v) is 3.92. The number of aryl methyl sites for hydroxylation is 1. The topological polar surface area (TPSA) is 82.2 Å². The van der Waals surface area contributed by atoms with Gasteiger partial charge in [-0.3, -0.25) is 9.59 Å². The fourth-order valence-corrected chi connectivity index (χ4v) is 1.55. The van der Waals surface area contributed by atoms with E-state index in [0.717, 1.165) is 5.56 Å². The number of aldehydes is 1. The molecule has 1 heterocycles. The SMILES string of the molecule is Cc1ccc(NC(=O)c2ccc(C=O)[nH]2)c(O)c1. The number of nitrogens with one attached hydrogen (secondary N) is 2. The lowest BCUT2D eigenvalue weighted by atomic mass is 10.2. The van der Waals surface area contributed by atoms with Crippen molar-refractivity contribution in [2.75, 3.05) is 5.32 Å². The van der Waals surface area contributed by atoms with Crippen molar-refractivity contribution >= 4 is 17.9 Å². The van der Waals surface area contributed by atoms with Gasteiger partial charge < -0.3 is 15.4 Å². The Hall–Kier alpha value is -2.56. The van der Waals surface area contributed by atoms with E-state index in [0.29, 0.717) is 17.7 Å². The standard InChI is InChI=1S/C13H12N2O3/c1-8-2-4-10(12(17)6-8)15-13(18)11-5-3-9(7-16)14-11/h2-7,14,17H,1H3,(H,15,18). The highest BCUT2D eigenvalue weighted by atomic mass is 16.3. The van der Waals surface area contributed by atoms with E-state index in [-0.39, 0.29) is 11.4 Å². The van der Waals surface area contributed by atoms with Crippen LogP contribution in [0.2, 0.25) is 0 Å². The zero-order valence-electron chi connectivity index (χ0n) is 9.73. The third-order valence-corrected chi connectivity index (χ3v) is 2.48. The van der Waals surface area contributed by atoms with Crippen molar-refractivity contribution in [3.8, 4) is 5.75 Å². The summed E-state index contributed by atoms with van der Waals surface area (Å²) in [6.45, 7) is 1.84. The molecule has 5 nitrogen and oxygen atoms in total. The van der Waals surface area contributed by atoms with Gasteiger partial charge in [0.15, 0.2) is 6.29 Å². The first kappa shape index (κ1) is 11.9. The van der Waals surface area contributed by atoms with Crippen molar-refractivity contribution in [3.05, 3.63) is 47.3 Å². The minimum Gasteiger partial charge on any atom is -0.506 e. The number of phenolic OH excluding ortho intramolecular Hbond substituents is 1. The smallest absolute Gasteiger partial charge is 0.272 e. The molecule has 1 aromatic heterocycles. The quantitative estimate of drug-likeness (QED) is 0.571. The Morgan fingerprint density at radius 1 is 1.33 bits per heavy atom. The number of carbonyl (C=O) groups excluding carboxylic acids is 2. The Balaban J connectivity index is 2.18. The number of aromatic amines is 1. The molecule has 0 saturated carbocycles. The summed E-state index contributed by atoms with van der Waals surface area (Å²) in [4.78, 5) is 25.0. The molecule has 5 heteroatoms. The third kappa shape index (κ3) is 2.40. The van der Waals surface area contributed by atoms with Crippen molar-refractivity contribution < 1.29 is 14.7 Å². The van der Waals surface area contributed by atoms with Crippen LogP contribution in [0.5, 0.6) is 5.75 Å². The Kier molecular flexibility index (Phi) is 3.14. The number of hydrogen-bond acceptors (Lipinski definition) is 3. The molecule has 0 aliphatic heterocycles. The first-order valence-electron chi connectivity index (χ1n) is 5.35. The molecular formula is C13H12N2O3. The Bertz CT molecular complexity index is 602. The number of aromatic nitrogens is 1. The predicted octanol–water partition coefficient (Wildman–Crippen LogP) is 2.09. The van der Waals surface area contributed by atoms with E-state index < -0.39 is 5.91 Å². The molecule has 2 rings (SSSR count). The summed E-state index contributed by atoms with van der Waals surface area (Å²) >= 11 is 0. The van der Waals surface area contributed by atoms with Crippen molar-refractivity contribution in [1.82, 2.24) is 4.98 Å². The Morgan fingerprint density at radius 3 is 2.72 bits per heavy atom. The summed E-state index contributed by atoms with van der Waals surface area (Å²) in [7, 11) is 0. The van der Waals surface area contributed by atoms with Crippen LogP contribution in [0.15, 0.2) is 30.3 Å². The number of benzene rings is 1. The molecule has 0 unspecified atom stereocenters. The highest BCUT2D eigenvalue weighted by Gasteiger charge is 2.10. The van der Waals surface area contributed by atoms with Gasteiger partial charge in [-0.1, -0.05) is 6.07 Å². The van der Waals surface area contributed by atoms with Crippen LogP contribution in [0.3, 0.4) is 0 Å². The molecule has 0 bridgehead atoms. The lowest BCUT2D eigenvalue weighted by Crippen LogP contribution is -2.12. The zero-order chi connectivity index (χ0) is 13.1. The molecule has 0 saturated heterocycles. The highest BCUT2D eigenvalue weighted by molar-refractivity contribution is 6.04. The normalized spacial score (nSPS) is 10.1. The molecule has 1 aromatic carbocycles. The predicted molar refractivity (Wildman–Crippen MR) is 67.0 cm³/mol. The van der Waals surface area contributed by atoms with E-state index in [1.165, 1.54) is 12.1 Å². The second kappa shape index (κ2) is 4.75. The number of carbonyl (C=O) groups is 2. The summed E-state index contributed by atoms with van der Waals surface area (Å²) < 4.78 is 0. The van der Waals surface area contributed by atoms with Crippen molar-refractivity contribution in [3.63, 3.8) is 0 Å². The van der Waals surface area contributed by atoms with E-state index >= 15 is 0 Å². The number of hydrogen-bond donors (Lipinski definition) is 3. The van der Waals surface area contributed by atoms with Gasteiger partial charge in [-0.05, 0) is 36.8 Å². The number of anilines is 1. The van der Waals surface area contributed by atoms with Gasteiger partial charge in [-0.2, -0.15) is 0 Å². The number of amides is 1. The maximum Gasteiger partial charge on any atom is 0.272 e. The van der Waals surface area contributed by atoms with Gasteiger partial charge in [0.25, 0.3) is 5.91 Å². The number of rotatable bonds is 3. The fourth-order valence-electron chi connectivity index (χ4n) is 1.55. The van der Waals surface area contributed by atoms with E-state index in [9.17, 15) is 14.7 Å². The first-order valence-corrected chi connectivity index (χ1v) is 5.35. The van der Waals surface area contributed by atoms with E-state index in [1.54, 1.807) is 18.2 Å². The molecule has 0 aliphatic rings. The minimum atomic E-state index is -0.415. The van der Waals surface area contributed by atoms with Crippen molar-refractivity contribution in [2.24, 2.45) is 0 Å². The van der Waals surface area contributed by atoms with Gasteiger partial charge in [-0.25, -0.2) is 0 Å². The van der Waals surface area contributed by atoms with E-state index in [4.69, 9.17) is 0 Å².